The monoisotopic (exact) mass is 264 g/mol. The molecule has 2 rings (SSSR count). The van der Waals surface area contributed by atoms with Crippen molar-refractivity contribution >= 4 is 11.8 Å². The summed E-state index contributed by atoms with van der Waals surface area (Å²) in [5.74, 6) is 0. The molecule has 6 heteroatoms. The lowest BCUT2D eigenvalue weighted by Gasteiger charge is -2.06. The number of aromatic nitrogens is 3. The van der Waals surface area contributed by atoms with Crippen LogP contribution in [-0.4, -0.2) is 20.8 Å². The van der Waals surface area contributed by atoms with Crippen molar-refractivity contribution in [2.24, 2.45) is 12.8 Å². The van der Waals surface area contributed by atoms with Gasteiger partial charge in [-0.15, -0.1) is 5.10 Å². The average molecular weight is 264 g/mol. The lowest BCUT2D eigenvalue weighted by Crippen LogP contribution is -2.17. The minimum Gasteiger partial charge on any atom is -0.328 e. The number of rotatable bonds is 4. The predicted octanol–water partition coefficient (Wildman–Crippen LogP) is 1.15. The summed E-state index contributed by atoms with van der Waals surface area (Å²) in [5.41, 5.74) is 6.76. The average Bonchev–Trinajstić information content (AvgIpc) is 2.63. The molecule has 2 aromatic rings. The van der Waals surface area contributed by atoms with Gasteiger partial charge < -0.3 is 5.73 Å². The van der Waals surface area contributed by atoms with E-state index in [-0.39, 0.29) is 11.7 Å². The van der Waals surface area contributed by atoms with Crippen LogP contribution in [-0.2, 0) is 13.5 Å². The van der Waals surface area contributed by atoms with Crippen LogP contribution in [0.5, 0.6) is 0 Å². The van der Waals surface area contributed by atoms with Gasteiger partial charge in [-0.1, -0.05) is 12.1 Å². The van der Waals surface area contributed by atoms with Crippen LogP contribution in [0.1, 0.15) is 12.5 Å². The van der Waals surface area contributed by atoms with Crippen molar-refractivity contribution in [2.75, 3.05) is 0 Å². The molecule has 0 bridgehead atoms. The van der Waals surface area contributed by atoms with Gasteiger partial charge in [0, 0.05) is 18.0 Å². The van der Waals surface area contributed by atoms with E-state index in [1.165, 1.54) is 21.9 Å². The van der Waals surface area contributed by atoms with E-state index in [2.05, 4.69) is 22.3 Å². The molecule has 0 fully saturated rings. The second-order valence-electron chi connectivity index (χ2n) is 4.30. The molecule has 0 aliphatic carbocycles. The molecule has 1 heterocycles. The predicted molar refractivity (Wildman–Crippen MR) is 71.7 cm³/mol. The maximum atomic E-state index is 11.2. The molecule has 96 valence electrons. The molecular formula is C12H16N4OS. The van der Waals surface area contributed by atoms with Gasteiger partial charge in [-0.05, 0) is 42.8 Å². The zero-order valence-corrected chi connectivity index (χ0v) is 11.2. The Morgan fingerprint density at radius 2 is 2.11 bits per heavy atom. The Morgan fingerprint density at radius 3 is 2.61 bits per heavy atom. The lowest BCUT2D eigenvalue weighted by atomic mass is 10.1. The van der Waals surface area contributed by atoms with Gasteiger partial charge in [-0.3, -0.25) is 4.57 Å². The first kappa shape index (κ1) is 12.9. The van der Waals surface area contributed by atoms with Crippen molar-refractivity contribution in [1.29, 1.82) is 0 Å². The van der Waals surface area contributed by atoms with Crippen molar-refractivity contribution < 1.29 is 0 Å². The van der Waals surface area contributed by atoms with E-state index in [4.69, 9.17) is 5.73 Å². The summed E-state index contributed by atoms with van der Waals surface area (Å²) < 4.78 is 1.49. The normalized spacial score (nSPS) is 12.6. The summed E-state index contributed by atoms with van der Waals surface area (Å²) in [6.45, 7) is 1.99. The molecule has 1 aromatic heterocycles. The first-order valence-electron chi connectivity index (χ1n) is 5.70. The summed E-state index contributed by atoms with van der Waals surface area (Å²) in [6.07, 6.45) is 0.867. The van der Waals surface area contributed by atoms with E-state index >= 15 is 0 Å². The highest BCUT2D eigenvalue weighted by Crippen LogP contribution is 2.24. The van der Waals surface area contributed by atoms with Gasteiger partial charge in [0.05, 0.1) is 0 Å². The van der Waals surface area contributed by atoms with Crippen LogP contribution in [0.15, 0.2) is 39.1 Å². The Bertz CT molecular complexity index is 571. The number of hydrogen-bond acceptors (Lipinski definition) is 4. The van der Waals surface area contributed by atoms with Crippen LogP contribution in [0.4, 0.5) is 0 Å². The summed E-state index contributed by atoms with van der Waals surface area (Å²) >= 11 is 1.45. The minimum atomic E-state index is -0.203. The highest BCUT2D eigenvalue weighted by molar-refractivity contribution is 7.99. The molecule has 1 aromatic carbocycles. The molecule has 0 saturated heterocycles. The number of nitrogens with zero attached hydrogens (tertiary/aromatic N) is 2. The summed E-state index contributed by atoms with van der Waals surface area (Å²) in [6, 6.07) is 8.30. The second kappa shape index (κ2) is 5.41. The third kappa shape index (κ3) is 3.02. The third-order valence-electron chi connectivity index (χ3n) is 2.53. The number of nitrogens with one attached hydrogen (secondary N) is 1. The number of hydrogen-bond donors (Lipinski definition) is 2. The molecule has 18 heavy (non-hydrogen) atoms. The van der Waals surface area contributed by atoms with E-state index in [1.807, 2.05) is 19.1 Å². The highest BCUT2D eigenvalue weighted by Gasteiger charge is 2.06. The summed E-state index contributed by atoms with van der Waals surface area (Å²) in [4.78, 5) is 12.3. The minimum absolute atomic E-state index is 0.163. The zero-order valence-electron chi connectivity index (χ0n) is 10.4. The molecule has 5 nitrogen and oxygen atoms in total. The van der Waals surface area contributed by atoms with Crippen molar-refractivity contribution in [3.05, 3.63) is 40.3 Å². The number of benzene rings is 1. The van der Waals surface area contributed by atoms with Crippen LogP contribution >= 0.6 is 11.8 Å². The Balaban J connectivity index is 2.11. The molecule has 0 aliphatic heterocycles. The van der Waals surface area contributed by atoms with Gasteiger partial charge in [-0.2, -0.15) is 0 Å². The molecule has 3 N–H and O–H groups in total. The molecule has 1 unspecified atom stereocenters. The lowest BCUT2D eigenvalue weighted by molar-refractivity contribution is 0.737. The molecule has 0 radical (unpaired) electrons. The van der Waals surface area contributed by atoms with Gasteiger partial charge in [0.2, 0.25) is 0 Å². The Kier molecular flexibility index (Phi) is 3.88. The van der Waals surface area contributed by atoms with Gasteiger partial charge in [-0.25, -0.2) is 9.89 Å². The smallest absolute Gasteiger partial charge is 0.328 e. The van der Waals surface area contributed by atoms with E-state index in [0.29, 0.717) is 5.16 Å². The summed E-state index contributed by atoms with van der Waals surface area (Å²) in [7, 11) is 1.69. The Labute approximate surface area is 109 Å². The topological polar surface area (TPSA) is 76.7 Å². The quantitative estimate of drug-likeness (QED) is 0.868. The van der Waals surface area contributed by atoms with Crippen molar-refractivity contribution in [2.45, 2.75) is 29.4 Å². The Morgan fingerprint density at radius 1 is 1.44 bits per heavy atom. The SMILES string of the molecule is CC(N)Cc1ccc(Sc2n[nH]c(=O)n2C)cc1. The fourth-order valence-electron chi connectivity index (χ4n) is 1.59. The second-order valence-corrected chi connectivity index (χ2v) is 5.34. The van der Waals surface area contributed by atoms with Gasteiger partial charge in [0.15, 0.2) is 5.16 Å². The Hall–Kier alpha value is -1.53. The largest absolute Gasteiger partial charge is 0.343 e. The maximum absolute atomic E-state index is 11.2. The van der Waals surface area contributed by atoms with Crippen molar-refractivity contribution in [3.63, 3.8) is 0 Å². The van der Waals surface area contributed by atoms with Crippen LogP contribution in [0, 0.1) is 0 Å². The molecule has 0 aliphatic rings. The maximum Gasteiger partial charge on any atom is 0.343 e. The van der Waals surface area contributed by atoms with Crippen LogP contribution in [0.2, 0.25) is 0 Å². The van der Waals surface area contributed by atoms with Crippen molar-refractivity contribution in [1.82, 2.24) is 14.8 Å². The molecule has 0 spiro atoms. The van der Waals surface area contributed by atoms with E-state index in [9.17, 15) is 4.79 Å². The molecule has 0 amide bonds. The first-order valence-corrected chi connectivity index (χ1v) is 6.51. The van der Waals surface area contributed by atoms with Crippen LogP contribution in [0.3, 0.4) is 0 Å². The zero-order chi connectivity index (χ0) is 13.1. The van der Waals surface area contributed by atoms with E-state index in [1.54, 1.807) is 7.05 Å². The third-order valence-corrected chi connectivity index (χ3v) is 3.58. The van der Waals surface area contributed by atoms with E-state index in [0.717, 1.165) is 11.3 Å². The molecule has 0 saturated carbocycles. The van der Waals surface area contributed by atoms with E-state index < -0.39 is 0 Å². The number of aromatic amines is 1. The van der Waals surface area contributed by atoms with Crippen LogP contribution in [0.25, 0.3) is 0 Å². The molecule has 1 atom stereocenters. The first-order chi connectivity index (χ1) is 8.56. The standard InChI is InChI=1S/C12H16N4OS/c1-8(13)7-9-3-5-10(6-4-9)18-12-15-14-11(17)16(12)2/h3-6,8H,7,13H2,1-2H3,(H,14,17). The van der Waals surface area contributed by atoms with Gasteiger partial charge >= 0.3 is 5.69 Å². The van der Waals surface area contributed by atoms with Crippen molar-refractivity contribution in [3.8, 4) is 0 Å². The highest BCUT2D eigenvalue weighted by atomic mass is 32.2. The van der Waals surface area contributed by atoms with Crippen LogP contribution < -0.4 is 11.4 Å². The fourth-order valence-corrected chi connectivity index (χ4v) is 2.39. The molecular weight excluding hydrogens is 248 g/mol. The number of nitrogens with two attached hydrogens (primary N) is 1. The fraction of sp³-hybridized carbons (Fsp3) is 0.333. The van der Waals surface area contributed by atoms with Gasteiger partial charge in [0.1, 0.15) is 0 Å². The number of H-pyrrole nitrogens is 1. The van der Waals surface area contributed by atoms with Gasteiger partial charge in [0.25, 0.3) is 0 Å². The summed E-state index contributed by atoms with van der Waals surface area (Å²) in [5, 5.41) is 7.02.